The molecule has 4 unspecified atom stereocenters. The van der Waals surface area contributed by atoms with Crippen LogP contribution >= 0.6 is 0 Å². The molecular formula is C45H56O7. The Hall–Kier alpha value is -3.72. The summed E-state index contributed by atoms with van der Waals surface area (Å²) in [6.45, 7) is 14.7. The van der Waals surface area contributed by atoms with Crippen molar-refractivity contribution >= 4 is 0 Å². The van der Waals surface area contributed by atoms with Crippen molar-refractivity contribution in [3.63, 3.8) is 0 Å². The van der Waals surface area contributed by atoms with Crippen molar-refractivity contribution in [1.82, 2.24) is 0 Å². The summed E-state index contributed by atoms with van der Waals surface area (Å²) in [5.41, 5.74) is 4.24. The molecule has 2 aliphatic rings. The van der Waals surface area contributed by atoms with Crippen LogP contribution in [0.3, 0.4) is 0 Å². The second-order valence-electron chi connectivity index (χ2n) is 14.6. The maximum absolute atomic E-state index is 6.82. The molecule has 7 heteroatoms. The predicted molar refractivity (Wildman–Crippen MR) is 203 cm³/mol. The number of benzene rings is 4. The van der Waals surface area contributed by atoms with Gasteiger partial charge in [-0.15, -0.1) is 0 Å². The molecule has 4 aromatic carbocycles. The maximum atomic E-state index is 6.82. The molecule has 7 nitrogen and oxygen atoms in total. The monoisotopic (exact) mass is 708 g/mol. The minimum Gasteiger partial charge on any atom is -0.465 e. The van der Waals surface area contributed by atoms with Crippen molar-refractivity contribution in [3.05, 3.63) is 131 Å². The van der Waals surface area contributed by atoms with E-state index in [1.54, 1.807) is 0 Å². The van der Waals surface area contributed by atoms with Crippen LogP contribution in [0.1, 0.15) is 63.3 Å². The summed E-state index contributed by atoms with van der Waals surface area (Å²) in [6.07, 6.45) is -1.06. The fraction of sp³-hybridized carbons (Fsp3) is 0.467. The molecule has 2 fully saturated rings. The third-order valence-corrected chi connectivity index (χ3v) is 11.0. The molecular weight excluding hydrogens is 652 g/mol. The molecule has 278 valence electrons. The quantitative estimate of drug-likeness (QED) is 0.122. The SMILES string of the molecule is CCC1O[C@@H](Oc2ccc(C)c(O[C@@H]3OC(COCc4ccccc4)[C@@H](OCc4ccccc4)[C@H](OCc4ccccc4)C3C)c2)C(C)[C@@H](C)[C@@H]1C. The number of hydrogen-bond donors (Lipinski definition) is 0. The van der Waals surface area contributed by atoms with Gasteiger partial charge >= 0.3 is 0 Å². The van der Waals surface area contributed by atoms with Gasteiger partial charge in [0.15, 0.2) is 0 Å². The van der Waals surface area contributed by atoms with E-state index in [-0.39, 0.29) is 30.3 Å². The van der Waals surface area contributed by atoms with Crippen LogP contribution in [-0.2, 0) is 43.5 Å². The molecule has 4 aromatic rings. The smallest absolute Gasteiger partial charge is 0.205 e. The lowest BCUT2D eigenvalue weighted by Crippen LogP contribution is -2.58. The highest BCUT2D eigenvalue weighted by Crippen LogP contribution is 2.39. The molecule has 52 heavy (non-hydrogen) atoms. The number of rotatable bonds is 15. The standard InChI is InChI=1S/C45H56O7/c1-7-39-32(4)31(3)33(5)44(50-39)49-38-24-23-30(2)40(25-38)51-45-34(6)42(47-27-36-19-13-9-14-20-36)43(48-28-37-21-15-10-16-22-37)41(52-45)29-46-26-35-17-11-8-12-18-35/h8-25,31-34,39,41-45H,7,26-29H2,1-6H3/t31-,32-,33?,34?,39?,41?,42+,43+,44+,45+/m0/s1. The highest BCUT2D eigenvalue weighted by Gasteiger charge is 2.47. The van der Waals surface area contributed by atoms with Gasteiger partial charge in [0.25, 0.3) is 0 Å². The van der Waals surface area contributed by atoms with Gasteiger partial charge in [0.2, 0.25) is 12.6 Å². The van der Waals surface area contributed by atoms with Gasteiger partial charge in [0, 0.05) is 17.9 Å². The second-order valence-corrected chi connectivity index (χ2v) is 14.6. The van der Waals surface area contributed by atoms with E-state index in [1.165, 1.54) is 0 Å². The highest BCUT2D eigenvalue weighted by molar-refractivity contribution is 5.40. The molecule has 10 atom stereocenters. The fourth-order valence-corrected chi connectivity index (χ4v) is 7.29. The molecule has 0 aromatic heterocycles. The first-order valence-electron chi connectivity index (χ1n) is 19.0. The minimum atomic E-state index is -0.633. The highest BCUT2D eigenvalue weighted by atomic mass is 16.7. The summed E-state index contributed by atoms with van der Waals surface area (Å²) in [7, 11) is 0. The normalized spacial score (nSPS) is 29.0. The van der Waals surface area contributed by atoms with E-state index in [1.807, 2.05) is 79.7 Å². The summed E-state index contributed by atoms with van der Waals surface area (Å²) >= 11 is 0. The molecule has 0 radical (unpaired) electrons. The lowest BCUT2D eigenvalue weighted by atomic mass is 9.78. The average Bonchev–Trinajstić information content (AvgIpc) is 3.17. The molecule has 0 bridgehead atoms. The lowest BCUT2D eigenvalue weighted by Gasteiger charge is -2.45. The Morgan fingerprint density at radius 2 is 1.08 bits per heavy atom. The van der Waals surface area contributed by atoms with Crippen LogP contribution in [0, 0.1) is 30.6 Å². The fourth-order valence-electron chi connectivity index (χ4n) is 7.29. The maximum Gasteiger partial charge on any atom is 0.205 e. The van der Waals surface area contributed by atoms with Crippen LogP contribution in [0.25, 0.3) is 0 Å². The lowest BCUT2D eigenvalue weighted by molar-refractivity contribution is -0.281. The van der Waals surface area contributed by atoms with Gasteiger partial charge in [-0.25, -0.2) is 0 Å². The van der Waals surface area contributed by atoms with E-state index in [9.17, 15) is 0 Å². The summed E-state index contributed by atoms with van der Waals surface area (Å²) in [6, 6.07) is 36.6. The average molecular weight is 709 g/mol. The van der Waals surface area contributed by atoms with Crippen molar-refractivity contribution in [2.75, 3.05) is 6.61 Å². The first-order valence-corrected chi connectivity index (χ1v) is 19.0. The van der Waals surface area contributed by atoms with Gasteiger partial charge in [-0.1, -0.05) is 132 Å². The van der Waals surface area contributed by atoms with Gasteiger partial charge < -0.3 is 33.2 Å². The number of aryl methyl sites for hydroxylation is 1. The van der Waals surface area contributed by atoms with E-state index < -0.39 is 18.5 Å². The van der Waals surface area contributed by atoms with Crippen LogP contribution in [0.2, 0.25) is 0 Å². The Kier molecular flexibility index (Phi) is 13.4. The number of hydrogen-bond acceptors (Lipinski definition) is 7. The van der Waals surface area contributed by atoms with E-state index in [0.717, 1.165) is 28.7 Å². The zero-order valence-corrected chi connectivity index (χ0v) is 31.6. The molecule has 0 N–H and O–H groups in total. The first-order chi connectivity index (χ1) is 25.3. The van der Waals surface area contributed by atoms with Crippen molar-refractivity contribution in [3.8, 4) is 11.5 Å². The van der Waals surface area contributed by atoms with Gasteiger partial charge in [-0.05, 0) is 53.5 Å². The largest absolute Gasteiger partial charge is 0.465 e. The van der Waals surface area contributed by atoms with Crippen LogP contribution in [0.4, 0.5) is 0 Å². The number of ether oxygens (including phenoxy) is 7. The summed E-state index contributed by atoms with van der Waals surface area (Å²) in [5.74, 6) is 2.42. The van der Waals surface area contributed by atoms with Gasteiger partial charge in [-0.2, -0.15) is 0 Å². The van der Waals surface area contributed by atoms with Crippen LogP contribution < -0.4 is 9.47 Å². The zero-order valence-electron chi connectivity index (χ0n) is 31.6. The third kappa shape index (κ3) is 9.63. The molecule has 2 heterocycles. The van der Waals surface area contributed by atoms with Crippen LogP contribution in [0.15, 0.2) is 109 Å². The van der Waals surface area contributed by atoms with Crippen molar-refractivity contribution in [2.24, 2.45) is 23.7 Å². The van der Waals surface area contributed by atoms with Gasteiger partial charge in [0.1, 0.15) is 23.7 Å². The Bertz CT molecular complexity index is 1630. The minimum absolute atomic E-state index is 0.166. The Morgan fingerprint density at radius 1 is 0.538 bits per heavy atom. The van der Waals surface area contributed by atoms with Gasteiger partial charge in [0.05, 0.1) is 38.6 Å². The molecule has 6 rings (SSSR count). The Morgan fingerprint density at radius 3 is 1.67 bits per heavy atom. The van der Waals surface area contributed by atoms with Crippen molar-refractivity contribution in [2.45, 2.75) is 105 Å². The van der Waals surface area contributed by atoms with Crippen LogP contribution in [-0.4, -0.2) is 43.6 Å². The predicted octanol–water partition coefficient (Wildman–Crippen LogP) is 9.54. The van der Waals surface area contributed by atoms with E-state index in [4.69, 9.17) is 33.2 Å². The topological polar surface area (TPSA) is 64.6 Å². The first kappa shape index (κ1) is 38.0. The molecule has 0 amide bonds. The second kappa shape index (κ2) is 18.4. The summed E-state index contributed by atoms with van der Waals surface area (Å²) in [5, 5.41) is 0. The molecule has 0 saturated carbocycles. The van der Waals surface area contributed by atoms with Crippen molar-refractivity contribution in [1.29, 1.82) is 0 Å². The van der Waals surface area contributed by atoms with E-state index in [0.29, 0.717) is 49.8 Å². The van der Waals surface area contributed by atoms with E-state index >= 15 is 0 Å². The molecule has 2 aliphatic heterocycles. The van der Waals surface area contributed by atoms with E-state index in [2.05, 4.69) is 71.0 Å². The molecule has 0 aliphatic carbocycles. The third-order valence-electron chi connectivity index (χ3n) is 11.0. The summed E-state index contributed by atoms with van der Waals surface area (Å²) < 4.78 is 46.4. The molecule has 2 saturated heterocycles. The van der Waals surface area contributed by atoms with Crippen LogP contribution in [0.5, 0.6) is 11.5 Å². The van der Waals surface area contributed by atoms with Gasteiger partial charge in [-0.3, -0.25) is 0 Å². The zero-order chi connectivity index (χ0) is 36.5. The Balaban J connectivity index is 1.24. The van der Waals surface area contributed by atoms with Crippen molar-refractivity contribution < 1.29 is 33.2 Å². The Labute approximate surface area is 310 Å². The summed E-state index contributed by atoms with van der Waals surface area (Å²) in [4.78, 5) is 0. The molecule has 0 spiro atoms.